The molecule has 0 aliphatic carbocycles. The molecule has 2 heteroatoms. The first-order valence-corrected chi connectivity index (χ1v) is 3.51. The number of hydrogen-bond donors (Lipinski definition) is 0. The molecule has 0 aliphatic heterocycles. The van der Waals surface area contributed by atoms with Crippen molar-refractivity contribution in [3.05, 3.63) is 24.3 Å². The van der Waals surface area contributed by atoms with Crippen molar-refractivity contribution >= 4 is 5.97 Å². The monoisotopic (exact) mass is 154 g/mol. The number of carbonyl (C=O) groups excluding carboxylic acids is 1. The van der Waals surface area contributed by atoms with Crippen molar-refractivity contribution in [1.82, 2.24) is 0 Å². The predicted molar refractivity (Wildman–Crippen MR) is 45.2 cm³/mol. The molecule has 2 nitrogen and oxygen atoms in total. The third kappa shape index (κ3) is 5.40. The zero-order chi connectivity index (χ0) is 8.85. The second kappa shape index (κ2) is 4.72. The van der Waals surface area contributed by atoms with Crippen molar-refractivity contribution in [2.75, 3.05) is 0 Å². The second-order valence-corrected chi connectivity index (χ2v) is 2.55. The highest BCUT2D eigenvalue weighted by Gasteiger charge is 2.01. The molecule has 0 saturated carbocycles. The van der Waals surface area contributed by atoms with Crippen LogP contribution in [0.4, 0.5) is 0 Å². The fraction of sp³-hybridized carbons (Fsp3) is 0.444. The van der Waals surface area contributed by atoms with Crippen molar-refractivity contribution in [3.8, 4) is 0 Å². The summed E-state index contributed by atoms with van der Waals surface area (Å²) in [5.74, 6) is -0.285. The minimum Gasteiger partial charge on any atom is -0.454 e. The van der Waals surface area contributed by atoms with Crippen molar-refractivity contribution in [2.45, 2.75) is 26.9 Å². The standard InChI is InChI=1S/C9H14O2/c1-5-9(6-7(2)3)11-8(4)10/h5-6,9H,1H2,2-4H3. The topological polar surface area (TPSA) is 26.3 Å². The molecule has 0 bridgehead atoms. The van der Waals surface area contributed by atoms with E-state index in [1.807, 2.05) is 19.9 Å². The lowest BCUT2D eigenvalue weighted by Gasteiger charge is -2.07. The molecule has 0 spiro atoms. The summed E-state index contributed by atoms with van der Waals surface area (Å²) in [6.45, 7) is 8.82. The fourth-order valence-corrected chi connectivity index (χ4v) is 0.670. The van der Waals surface area contributed by atoms with Crippen LogP contribution in [0.25, 0.3) is 0 Å². The summed E-state index contributed by atoms with van der Waals surface area (Å²) in [7, 11) is 0. The molecule has 0 fully saturated rings. The summed E-state index contributed by atoms with van der Waals surface area (Å²) >= 11 is 0. The Morgan fingerprint density at radius 1 is 1.45 bits per heavy atom. The van der Waals surface area contributed by atoms with Crippen LogP contribution in [0.15, 0.2) is 24.3 Å². The van der Waals surface area contributed by atoms with Crippen LogP contribution in [0.3, 0.4) is 0 Å². The number of allylic oxidation sites excluding steroid dienone is 1. The van der Waals surface area contributed by atoms with Gasteiger partial charge in [0.15, 0.2) is 0 Å². The van der Waals surface area contributed by atoms with Crippen molar-refractivity contribution in [3.63, 3.8) is 0 Å². The number of ether oxygens (including phenoxy) is 1. The third-order valence-electron chi connectivity index (χ3n) is 1.03. The summed E-state index contributed by atoms with van der Waals surface area (Å²) in [6, 6.07) is 0. The van der Waals surface area contributed by atoms with Gasteiger partial charge in [0, 0.05) is 6.92 Å². The average Bonchev–Trinajstić information content (AvgIpc) is 1.84. The summed E-state index contributed by atoms with van der Waals surface area (Å²) < 4.78 is 4.88. The first kappa shape index (κ1) is 9.95. The molecule has 0 heterocycles. The molecule has 1 unspecified atom stereocenters. The van der Waals surface area contributed by atoms with Crippen LogP contribution in [-0.2, 0) is 9.53 Å². The summed E-state index contributed by atoms with van der Waals surface area (Å²) in [6.07, 6.45) is 3.15. The van der Waals surface area contributed by atoms with Crippen molar-refractivity contribution in [1.29, 1.82) is 0 Å². The molecule has 11 heavy (non-hydrogen) atoms. The van der Waals surface area contributed by atoms with Gasteiger partial charge in [-0.15, -0.1) is 0 Å². The van der Waals surface area contributed by atoms with E-state index in [-0.39, 0.29) is 12.1 Å². The van der Waals surface area contributed by atoms with Gasteiger partial charge in [-0.05, 0) is 26.0 Å². The number of hydrogen-bond acceptors (Lipinski definition) is 2. The van der Waals surface area contributed by atoms with Crippen LogP contribution in [0, 0.1) is 0 Å². The molecular formula is C9H14O2. The van der Waals surface area contributed by atoms with Crippen LogP contribution in [0.5, 0.6) is 0 Å². The smallest absolute Gasteiger partial charge is 0.303 e. The highest BCUT2D eigenvalue weighted by atomic mass is 16.5. The third-order valence-corrected chi connectivity index (χ3v) is 1.03. The van der Waals surface area contributed by atoms with Crippen LogP contribution in [0.1, 0.15) is 20.8 Å². The minimum absolute atomic E-state index is 0.280. The Kier molecular flexibility index (Phi) is 4.27. The second-order valence-electron chi connectivity index (χ2n) is 2.55. The van der Waals surface area contributed by atoms with Gasteiger partial charge >= 0.3 is 5.97 Å². The first-order chi connectivity index (χ1) is 5.06. The molecule has 0 radical (unpaired) electrons. The van der Waals surface area contributed by atoms with Crippen LogP contribution >= 0.6 is 0 Å². The SMILES string of the molecule is C=CC(C=C(C)C)OC(C)=O. The normalized spacial score (nSPS) is 11.5. The van der Waals surface area contributed by atoms with E-state index in [2.05, 4.69) is 6.58 Å². The van der Waals surface area contributed by atoms with E-state index in [9.17, 15) is 4.79 Å². The Bertz CT molecular complexity index is 176. The molecule has 0 aromatic rings. The Balaban J connectivity index is 4.07. The van der Waals surface area contributed by atoms with E-state index < -0.39 is 0 Å². The maximum atomic E-state index is 10.5. The van der Waals surface area contributed by atoms with Gasteiger partial charge in [-0.3, -0.25) is 4.79 Å². The molecule has 0 aliphatic rings. The maximum absolute atomic E-state index is 10.5. The summed E-state index contributed by atoms with van der Waals surface area (Å²) in [5, 5.41) is 0. The molecular weight excluding hydrogens is 140 g/mol. The van der Waals surface area contributed by atoms with Gasteiger partial charge in [-0.2, -0.15) is 0 Å². The van der Waals surface area contributed by atoms with Gasteiger partial charge in [-0.1, -0.05) is 12.2 Å². The molecule has 0 N–H and O–H groups in total. The Hall–Kier alpha value is -1.05. The van der Waals surface area contributed by atoms with E-state index >= 15 is 0 Å². The maximum Gasteiger partial charge on any atom is 0.303 e. The summed E-state index contributed by atoms with van der Waals surface area (Å²) in [4.78, 5) is 10.5. The zero-order valence-corrected chi connectivity index (χ0v) is 7.26. The predicted octanol–water partition coefficient (Wildman–Crippen LogP) is 2.07. The molecule has 1 atom stereocenters. The number of carbonyl (C=O) groups is 1. The van der Waals surface area contributed by atoms with E-state index in [1.54, 1.807) is 6.08 Å². The van der Waals surface area contributed by atoms with Crippen LogP contribution in [0.2, 0.25) is 0 Å². The largest absolute Gasteiger partial charge is 0.454 e. The minimum atomic E-state index is -0.285. The molecule has 0 saturated heterocycles. The lowest BCUT2D eigenvalue weighted by atomic mass is 10.2. The molecule has 62 valence electrons. The van der Waals surface area contributed by atoms with E-state index in [0.29, 0.717) is 0 Å². The van der Waals surface area contributed by atoms with E-state index in [1.165, 1.54) is 6.92 Å². The Labute approximate surface area is 67.6 Å². The Morgan fingerprint density at radius 2 is 2.00 bits per heavy atom. The lowest BCUT2D eigenvalue weighted by Crippen LogP contribution is -2.10. The van der Waals surface area contributed by atoms with Crippen molar-refractivity contribution < 1.29 is 9.53 Å². The van der Waals surface area contributed by atoms with Crippen molar-refractivity contribution in [2.24, 2.45) is 0 Å². The molecule has 0 amide bonds. The fourth-order valence-electron chi connectivity index (χ4n) is 0.670. The van der Waals surface area contributed by atoms with Gasteiger partial charge < -0.3 is 4.74 Å². The zero-order valence-electron chi connectivity index (χ0n) is 7.26. The lowest BCUT2D eigenvalue weighted by molar-refractivity contribution is -0.142. The van der Waals surface area contributed by atoms with E-state index in [0.717, 1.165) is 5.57 Å². The highest BCUT2D eigenvalue weighted by Crippen LogP contribution is 2.00. The quantitative estimate of drug-likeness (QED) is 0.459. The van der Waals surface area contributed by atoms with Crippen LogP contribution in [-0.4, -0.2) is 12.1 Å². The first-order valence-electron chi connectivity index (χ1n) is 3.51. The highest BCUT2D eigenvalue weighted by molar-refractivity contribution is 5.66. The van der Waals surface area contributed by atoms with Gasteiger partial charge in [0.25, 0.3) is 0 Å². The van der Waals surface area contributed by atoms with Gasteiger partial charge in [0.05, 0.1) is 0 Å². The molecule has 0 aromatic carbocycles. The van der Waals surface area contributed by atoms with E-state index in [4.69, 9.17) is 4.74 Å². The summed E-state index contributed by atoms with van der Waals surface area (Å²) in [5.41, 5.74) is 1.11. The average molecular weight is 154 g/mol. The molecule has 0 aromatic heterocycles. The van der Waals surface area contributed by atoms with Gasteiger partial charge in [0.2, 0.25) is 0 Å². The van der Waals surface area contributed by atoms with Gasteiger partial charge in [0.1, 0.15) is 6.10 Å². The number of esters is 1. The Morgan fingerprint density at radius 3 is 2.27 bits per heavy atom. The number of rotatable bonds is 3. The molecule has 0 rings (SSSR count). The van der Waals surface area contributed by atoms with Gasteiger partial charge in [-0.25, -0.2) is 0 Å². The van der Waals surface area contributed by atoms with Crippen LogP contribution < -0.4 is 0 Å².